The molecule has 0 radical (unpaired) electrons. The fourth-order valence-corrected chi connectivity index (χ4v) is 3.82. The number of ether oxygens (including phenoxy) is 2. The van der Waals surface area contributed by atoms with Gasteiger partial charge in [0, 0.05) is 12.5 Å². The molecular formula is C19H22N2O2S. The summed E-state index contributed by atoms with van der Waals surface area (Å²) >= 11 is 1.72. The summed E-state index contributed by atoms with van der Waals surface area (Å²) in [6, 6.07) is 14.3. The maximum absolute atomic E-state index is 6.04. The number of rotatable bonds is 7. The van der Waals surface area contributed by atoms with Crippen molar-refractivity contribution in [1.82, 2.24) is 4.98 Å². The molecule has 1 heterocycles. The average Bonchev–Trinajstić information content (AvgIpc) is 3.04. The van der Waals surface area contributed by atoms with Crippen molar-refractivity contribution in [3.63, 3.8) is 0 Å². The van der Waals surface area contributed by atoms with Crippen LogP contribution >= 0.6 is 11.3 Å². The monoisotopic (exact) mass is 342 g/mol. The molecular weight excluding hydrogens is 320 g/mol. The van der Waals surface area contributed by atoms with E-state index in [1.54, 1.807) is 18.4 Å². The van der Waals surface area contributed by atoms with Gasteiger partial charge in [0.05, 0.1) is 28.9 Å². The Morgan fingerprint density at radius 1 is 1.17 bits per heavy atom. The van der Waals surface area contributed by atoms with E-state index in [-0.39, 0.29) is 5.92 Å². The molecule has 3 rings (SSSR count). The van der Waals surface area contributed by atoms with Crippen LogP contribution in [0.2, 0.25) is 0 Å². The summed E-state index contributed by atoms with van der Waals surface area (Å²) in [6.45, 7) is 3.14. The summed E-state index contributed by atoms with van der Waals surface area (Å²) in [5.74, 6) is 1.73. The molecule has 1 aromatic heterocycles. The number of hydrogen-bond acceptors (Lipinski definition) is 5. The lowest BCUT2D eigenvalue weighted by Crippen LogP contribution is -2.15. The minimum atomic E-state index is 0.199. The third-order valence-corrected chi connectivity index (χ3v) is 5.15. The van der Waals surface area contributed by atoms with Gasteiger partial charge in [-0.3, -0.25) is 0 Å². The Balaban J connectivity index is 1.85. The summed E-state index contributed by atoms with van der Waals surface area (Å²) < 4.78 is 12.2. The molecule has 0 aliphatic carbocycles. The molecule has 0 bridgehead atoms. The van der Waals surface area contributed by atoms with Gasteiger partial charge in [-0.25, -0.2) is 4.98 Å². The van der Waals surface area contributed by atoms with Crippen LogP contribution in [-0.2, 0) is 6.42 Å². The predicted molar refractivity (Wildman–Crippen MR) is 99.3 cm³/mol. The van der Waals surface area contributed by atoms with E-state index >= 15 is 0 Å². The number of thiazole rings is 1. The fraction of sp³-hybridized carbons (Fsp3) is 0.316. The molecule has 0 aliphatic rings. The Hall–Kier alpha value is -2.11. The average molecular weight is 342 g/mol. The smallest absolute Gasteiger partial charge is 0.161 e. The van der Waals surface area contributed by atoms with E-state index in [0.29, 0.717) is 13.2 Å². The second-order valence-electron chi connectivity index (χ2n) is 5.57. The third-order valence-electron chi connectivity index (χ3n) is 3.95. The van der Waals surface area contributed by atoms with Crippen molar-refractivity contribution in [1.29, 1.82) is 0 Å². The highest BCUT2D eigenvalue weighted by molar-refractivity contribution is 7.18. The maximum atomic E-state index is 6.04. The van der Waals surface area contributed by atoms with Gasteiger partial charge in [-0.2, -0.15) is 0 Å². The topological polar surface area (TPSA) is 57.4 Å². The van der Waals surface area contributed by atoms with Crippen LogP contribution in [0, 0.1) is 0 Å². The van der Waals surface area contributed by atoms with E-state index in [1.165, 1.54) is 10.3 Å². The molecule has 1 atom stereocenters. The zero-order chi connectivity index (χ0) is 16.9. The third kappa shape index (κ3) is 3.52. The number of benzene rings is 2. The highest BCUT2D eigenvalue weighted by Crippen LogP contribution is 2.32. The molecule has 0 saturated carbocycles. The molecule has 2 aromatic carbocycles. The molecule has 0 saturated heterocycles. The standard InChI is InChI=1S/C19H22N2O2S/c1-3-23-17-11-13(8-9-16(17)22-2)10-14(12-20)19-21-15-6-4-5-7-18(15)24-19/h4-9,11,14H,3,10,12,20H2,1-2H3. The first-order chi connectivity index (χ1) is 11.7. The number of para-hydroxylation sites is 1. The molecule has 1 unspecified atom stereocenters. The zero-order valence-electron chi connectivity index (χ0n) is 14.0. The lowest BCUT2D eigenvalue weighted by Gasteiger charge is -2.14. The first kappa shape index (κ1) is 16.7. The molecule has 24 heavy (non-hydrogen) atoms. The van der Waals surface area contributed by atoms with Crippen LogP contribution in [0.3, 0.4) is 0 Å². The summed E-state index contributed by atoms with van der Waals surface area (Å²) in [5, 5.41) is 1.09. The van der Waals surface area contributed by atoms with Crippen molar-refractivity contribution >= 4 is 21.6 Å². The van der Waals surface area contributed by atoms with E-state index in [1.807, 2.05) is 37.3 Å². The van der Waals surface area contributed by atoms with Crippen molar-refractivity contribution < 1.29 is 9.47 Å². The van der Waals surface area contributed by atoms with Crippen LogP contribution in [0.1, 0.15) is 23.4 Å². The molecule has 3 aromatic rings. The van der Waals surface area contributed by atoms with Gasteiger partial charge in [0.15, 0.2) is 11.5 Å². The van der Waals surface area contributed by atoms with Crippen molar-refractivity contribution in [2.75, 3.05) is 20.3 Å². The minimum absolute atomic E-state index is 0.199. The van der Waals surface area contributed by atoms with Gasteiger partial charge < -0.3 is 15.2 Å². The largest absolute Gasteiger partial charge is 0.493 e. The Morgan fingerprint density at radius 2 is 2.00 bits per heavy atom. The second-order valence-corrected chi connectivity index (χ2v) is 6.64. The summed E-state index contributed by atoms with van der Waals surface area (Å²) in [6.07, 6.45) is 0.834. The lowest BCUT2D eigenvalue weighted by molar-refractivity contribution is 0.310. The number of nitrogens with zero attached hydrogens (tertiary/aromatic N) is 1. The molecule has 0 aliphatic heterocycles. The van der Waals surface area contributed by atoms with Gasteiger partial charge in [-0.1, -0.05) is 18.2 Å². The van der Waals surface area contributed by atoms with Crippen LogP contribution in [0.4, 0.5) is 0 Å². The maximum Gasteiger partial charge on any atom is 0.161 e. The van der Waals surface area contributed by atoms with Gasteiger partial charge in [0.25, 0.3) is 0 Å². The van der Waals surface area contributed by atoms with Crippen molar-refractivity contribution in [3.8, 4) is 11.5 Å². The van der Waals surface area contributed by atoms with E-state index in [0.717, 1.165) is 28.4 Å². The first-order valence-electron chi connectivity index (χ1n) is 8.10. The number of methoxy groups -OCH3 is 1. The summed E-state index contributed by atoms with van der Waals surface area (Å²) in [4.78, 5) is 4.76. The Bertz CT molecular complexity index is 783. The second kappa shape index (κ2) is 7.64. The van der Waals surface area contributed by atoms with Gasteiger partial charge in [-0.15, -0.1) is 11.3 Å². The van der Waals surface area contributed by atoms with E-state index < -0.39 is 0 Å². The van der Waals surface area contributed by atoms with Crippen LogP contribution in [0.25, 0.3) is 10.2 Å². The Kier molecular flexibility index (Phi) is 5.33. The Morgan fingerprint density at radius 3 is 2.71 bits per heavy atom. The van der Waals surface area contributed by atoms with E-state index in [2.05, 4.69) is 12.1 Å². The van der Waals surface area contributed by atoms with Crippen LogP contribution in [0.5, 0.6) is 11.5 Å². The van der Waals surface area contributed by atoms with Crippen LogP contribution < -0.4 is 15.2 Å². The van der Waals surface area contributed by atoms with E-state index in [9.17, 15) is 0 Å². The summed E-state index contributed by atoms with van der Waals surface area (Å²) in [5.41, 5.74) is 8.26. The van der Waals surface area contributed by atoms with Crippen molar-refractivity contribution in [2.45, 2.75) is 19.3 Å². The first-order valence-corrected chi connectivity index (χ1v) is 8.92. The highest BCUT2D eigenvalue weighted by Gasteiger charge is 2.17. The number of fused-ring (bicyclic) bond motifs is 1. The van der Waals surface area contributed by atoms with Crippen LogP contribution in [-0.4, -0.2) is 25.2 Å². The van der Waals surface area contributed by atoms with Crippen LogP contribution in [0.15, 0.2) is 42.5 Å². The predicted octanol–water partition coefficient (Wildman–Crippen LogP) is 3.99. The van der Waals surface area contributed by atoms with Gasteiger partial charge >= 0.3 is 0 Å². The molecule has 4 nitrogen and oxygen atoms in total. The molecule has 0 fully saturated rings. The molecule has 2 N–H and O–H groups in total. The molecule has 126 valence electrons. The van der Waals surface area contributed by atoms with Gasteiger partial charge in [0.1, 0.15) is 0 Å². The Labute approximate surface area is 146 Å². The summed E-state index contributed by atoms with van der Waals surface area (Å²) in [7, 11) is 1.65. The molecule has 5 heteroatoms. The normalized spacial score (nSPS) is 12.3. The highest BCUT2D eigenvalue weighted by atomic mass is 32.1. The molecule has 0 amide bonds. The van der Waals surface area contributed by atoms with Crippen molar-refractivity contribution in [2.24, 2.45) is 5.73 Å². The number of hydrogen-bond donors (Lipinski definition) is 1. The number of nitrogens with two attached hydrogens (primary N) is 1. The SMILES string of the molecule is CCOc1cc(CC(CN)c2nc3ccccc3s2)ccc1OC. The van der Waals surface area contributed by atoms with Crippen molar-refractivity contribution in [3.05, 3.63) is 53.0 Å². The van der Waals surface area contributed by atoms with Gasteiger partial charge in [-0.05, 0) is 43.2 Å². The minimum Gasteiger partial charge on any atom is -0.493 e. The lowest BCUT2D eigenvalue weighted by atomic mass is 9.99. The molecule has 0 spiro atoms. The zero-order valence-corrected chi connectivity index (χ0v) is 14.8. The van der Waals surface area contributed by atoms with Gasteiger partial charge in [0.2, 0.25) is 0 Å². The van der Waals surface area contributed by atoms with E-state index in [4.69, 9.17) is 20.2 Å². The quantitative estimate of drug-likeness (QED) is 0.705. The number of aromatic nitrogens is 1. The fourth-order valence-electron chi connectivity index (χ4n) is 2.74.